The van der Waals surface area contributed by atoms with Crippen LogP contribution in [0.3, 0.4) is 0 Å². The molecule has 1 heterocycles. The minimum Gasteiger partial charge on any atom is -0.441 e. The Kier molecular flexibility index (Phi) is 2.69. The van der Waals surface area contributed by atoms with E-state index in [4.69, 9.17) is 10.2 Å². The summed E-state index contributed by atoms with van der Waals surface area (Å²) in [4.78, 5) is 4.32. The van der Waals surface area contributed by atoms with E-state index < -0.39 is 9.84 Å². The van der Waals surface area contributed by atoms with E-state index in [9.17, 15) is 8.42 Å². The van der Waals surface area contributed by atoms with Crippen molar-refractivity contribution in [2.45, 2.75) is 11.8 Å². The maximum atomic E-state index is 11.7. The van der Waals surface area contributed by atoms with Crippen LogP contribution in [0.15, 0.2) is 27.5 Å². The number of hydrogen-bond donors (Lipinski definition) is 1. The monoisotopic (exact) mass is 240 g/mol. The fourth-order valence-electron chi connectivity index (χ4n) is 1.49. The van der Waals surface area contributed by atoms with Gasteiger partial charge in [-0.2, -0.15) is 0 Å². The fourth-order valence-corrected chi connectivity index (χ4v) is 2.60. The van der Waals surface area contributed by atoms with Gasteiger partial charge in [-0.3, -0.25) is 0 Å². The number of fused-ring (bicyclic) bond motifs is 1. The molecule has 0 fully saturated rings. The van der Waals surface area contributed by atoms with Crippen molar-refractivity contribution < 1.29 is 12.8 Å². The van der Waals surface area contributed by atoms with Crippen LogP contribution >= 0.6 is 0 Å². The summed E-state index contributed by atoms with van der Waals surface area (Å²) in [5.74, 6) is 0.457. The molecule has 0 unspecified atom stereocenters. The van der Waals surface area contributed by atoms with Gasteiger partial charge in [0.15, 0.2) is 21.3 Å². The van der Waals surface area contributed by atoms with Gasteiger partial charge in [-0.1, -0.05) is 0 Å². The number of oxazole rings is 1. The molecular formula is C10H12N2O3S. The Morgan fingerprint density at radius 1 is 1.44 bits per heavy atom. The zero-order valence-corrected chi connectivity index (χ0v) is 9.62. The van der Waals surface area contributed by atoms with Crippen molar-refractivity contribution in [1.82, 2.24) is 4.98 Å². The van der Waals surface area contributed by atoms with Gasteiger partial charge in [0, 0.05) is 13.5 Å². The van der Waals surface area contributed by atoms with E-state index in [0.29, 0.717) is 17.0 Å². The number of aromatic nitrogens is 1. The van der Waals surface area contributed by atoms with E-state index in [-0.39, 0.29) is 17.2 Å². The lowest BCUT2D eigenvalue weighted by atomic mass is 10.3. The molecule has 6 heteroatoms. The first-order valence-electron chi connectivity index (χ1n) is 4.83. The zero-order valence-electron chi connectivity index (χ0n) is 8.80. The number of aryl methyl sites for hydroxylation is 1. The molecule has 0 saturated carbocycles. The number of nitrogens with two attached hydrogens (primary N) is 1. The molecule has 0 aliphatic carbocycles. The number of hydrogen-bond acceptors (Lipinski definition) is 5. The van der Waals surface area contributed by atoms with E-state index in [1.807, 2.05) is 0 Å². The van der Waals surface area contributed by atoms with Crippen LogP contribution < -0.4 is 5.73 Å². The molecule has 16 heavy (non-hydrogen) atoms. The summed E-state index contributed by atoms with van der Waals surface area (Å²) in [6.45, 7) is 1.83. The molecule has 0 radical (unpaired) electrons. The van der Waals surface area contributed by atoms with Gasteiger partial charge >= 0.3 is 0 Å². The van der Waals surface area contributed by atoms with Crippen LogP contribution in [-0.2, 0) is 9.84 Å². The Balaban J connectivity index is 2.54. The van der Waals surface area contributed by atoms with Crippen LogP contribution in [-0.4, -0.2) is 25.7 Å². The molecule has 0 amide bonds. The van der Waals surface area contributed by atoms with Crippen LogP contribution in [0.5, 0.6) is 0 Å². The lowest BCUT2D eigenvalue weighted by Crippen LogP contribution is -2.15. The number of rotatable bonds is 3. The van der Waals surface area contributed by atoms with Gasteiger partial charge in [-0.05, 0) is 18.2 Å². The Morgan fingerprint density at radius 3 is 2.88 bits per heavy atom. The normalized spacial score (nSPS) is 12.1. The summed E-state index contributed by atoms with van der Waals surface area (Å²) >= 11 is 0. The first-order valence-corrected chi connectivity index (χ1v) is 6.48. The second-order valence-electron chi connectivity index (χ2n) is 3.47. The highest BCUT2D eigenvalue weighted by Crippen LogP contribution is 2.20. The van der Waals surface area contributed by atoms with Crippen molar-refractivity contribution in [3.8, 4) is 0 Å². The van der Waals surface area contributed by atoms with E-state index in [1.54, 1.807) is 13.0 Å². The molecule has 1 aromatic heterocycles. The highest BCUT2D eigenvalue weighted by Gasteiger charge is 2.15. The van der Waals surface area contributed by atoms with Crippen molar-refractivity contribution in [2.24, 2.45) is 5.73 Å². The third-order valence-electron chi connectivity index (χ3n) is 2.21. The minimum atomic E-state index is -3.30. The average Bonchev–Trinajstić information content (AvgIpc) is 2.56. The first-order chi connectivity index (χ1) is 7.53. The van der Waals surface area contributed by atoms with Gasteiger partial charge < -0.3 is 10.2 Å². The Labute approximate surface area is 93.2 Å². The van der Waals surface area contributed by atoms with Gasteiger partial charge in [0.25, 0.3) is 0 Å². The Morgan fingerprint density at radius 2 is 2.19 bits per heavy atom. The van der Waals surface area contributed by atoms with Crippen molar-refractivity contribution in [3.63, 3.8) is 0 Å². The largest absolute Gasteiger partial charge is 0.441 e. The van der Waals surface area contributed by atoms with Crippen LogP contribution in [0.1, 0.15) is 5.89 Å². The summed E-state index contributed by atoms with van der Waals surface area (Å²) in [5, 5.41) is 0. The summed E-state index contributed by atoms with van der Waals surface area (Å²) in [5.41, 5.74) is 6.39. The Bertz CT molecular complexity index is 616. The molecule has 0 atom stereocenters. The molecule has 0 saturated heterocycles. The van der Waals surface area contributed by atoms with Crippen LogP contribution in [0.2, 0.25) is 0 Å². The minimum absolute atomic E-state index is 0.0602. The molecule has 5 nitrogen and oxygen atoms in total. The summed E-state index contributed by atoms with van der Waals surface area (Å²) < 4.78 is 28.8. The molecular weight excluding hydrogens is 228 g/mol. The first kappa shape index (κ1) is 11.1. The summed E-state index contributed by atoms with van der Waals surface area (Å²) in [6, 6.07) is 4.63. The fraction of sp³-hybridized carbons (Fsp3) is 0.300. The SMILES string of the molecule is Cc1nc2cc(S(=O)(=O)CCN)ccc2o1. The second kappa shape index (κ2) is 3.88. The molecule has 2 rings (SSSR count). The smallest absolute Gasteiger partial charge is 0.192 e. The lowest BCUT2D eigenvalue weighted by Gasteiger charge is -2.01. The van der Waals surface area contributed by atoms with Gasteiger partial charge in [0.05, 0.1) is 10.6 Å². The molecule has 0 aliphatic heterocycles. The lowest BCUT2D eigenvalue weighted by molar-refractivity contribution is 0.561. The highest BCUT2D eigenvalue weighted by molar-refractivity contribution is 7.91. The molecule has 1 aromatic carbocycles. The van der Waals surface area contributed by atoms with Crippen molar-refractivity contribution in [2.75, 3.05) is 12.3 Å². The Hall–Kier alpha value is -1.40. The zero-order chi connectivity index (χ0) is 11.8. The van der Waals surface area contributed by atoms with Gasteiger partial charge in [0.1, 0.15) is 5.52 Å². The van der Waals surface area contributed by atoms with E-state index in [0.717, 1.165) is 0 Å². The highest BCUT2D eigenvalue weighted by atomic mass is 32.2. The average molecular weight is 240 g/mol. The second-order valence-corrected chi connectivity index (χ2v) is 5.58. The molecule has 0 bridgehead atoms. The third-order valence-corrected chi connectivity index (χ3v) is 3.96. The molecule has 0 aliphatic rings. The van der Waals surface area contributed by atoms with E-state index >= 15 is 0 Å². The molecule has 2 aromatic rings. The van der Waals surface area contributed by atoms with Crippen LogP contribution in [0.25, 0.3) is 11.1 Å². The topological polar surface area (TPSA) is 86.2 Å². The van der Waals surface area contributed by atoms with E-state index in [1.165, 1.54) is 12.1 Å². The standard InChI is InChI=1S/C10H12N2O3S/c1-7-12-9-6-8(2-3-10(9)15-7)16(13,14)5-4-11/h2-3,6H,4-5,11H2,1H3. The van der Waals surface area contributed by atoms with Crippen molar-refractivity contribution in [3.05, 3.63) is 24.1 Å². The predicted molar refractivity (Wildman–Crippen MR) is 59.9 cm³/mol. The van der Waals surface area contributed by atoms with Gasteiger partial charge in [-0.15, -0.1) is 0 Å². The number of sulfone groups is 1. The molecule has 2 N–H and O–H groups in total. The third kappa shape index (κ3) is 1.94. The quantitative estimate of drug-likeness (QED) is 0.860. The number of nitrogens with zero attached hydrogens (tertiary/aromatic N) is 1. The maximum Gasteiger partial charge on any atom is 0.192 e. The van der Waals surface area contributed by atoms with Crippen LogP contribution in [0, 0.1) is 6.92 Å². The van der Waals surface area contributed by atoms with Gasteiger partial charge in [-0.25, -0.2) is 13.4 Å². The van der Waals surface area contributed by atoms with Crippen molar-refractivity contribution >= 4 is 20.9 Å². The summed E-state index contributed by atoms with van der Waals surface area (Å²) in [6.07, 6.45) is 0. The summed E-state index contributed by atoms with van der Waals surface area (Å²) in [7, 11) is -3.30. The number of benzene rings is 1. The predicted octanol–water partition coefficient (Wildman–Crippen LogP) is 0.869. The molecule has 0 spiro atoms. The van der Waals surface area contributed by atoms with Gasteiger partial charge in [0.2, 0.25) is 0 Å². The van der Waals surface area contributed by atoms with Crippen LogP contribution in [0.4, 0.5) is 0 Å². The van der Waals surface area contributed by atoms with E-state index in [2.05, 4.69) is 4.98 Å². The maximum absolute atomic E-state index is 11.7. The van der Waals surface area contributed by atoms with Crippen molar-refractivity contribution in [1.29, 1.82) is 0 Å². The molecule has 86 valence electrons.